The lowest BCUT2D eigenvalue weighted by atomic mass is 10.1. The summed E-state index contributed by atoms with van der Waals surface area (Å²) in [6.45, 7) is 11.1. The second kappa shape index (κ2) is 11.8. The molecule has 4 N–H and O–H groups in total. The summed E-state index contributed by atoms with van der Waals surface area (Å²) in [7, 11) is 0. The molecule has 0 saturated carbocycles. The van der Waals surface area contributed by atoms with Gasteiger partial charge < -0.3 is 30.5 Å². The van der Waals surface area contributed by atoms with E-state index in [1.807, 2.05) is 0 Å². The van der Waals surface area contributed by atoms with Gasteiger partial charge in [0.05, 0.1) is 18.5 Å². The molecule has 1 fully saturated rings. The summed E-state index contributed by atoms with van der Waals surface area (Å²) in [4.78, 5) is 16.4. The van der Waals surface area contributed by atoms with Crippen LogP contribution in [-0.4, -0.2) is 79.0 Å². The number of ether oxygens (including phenoxy) is 2. The van der Waals surface area contributed by atoms with Crippen LogP contribution < -0.4 is 20.7 Å². The fourth-order valence-electron chi connectivity index (χ4n) is 3.49. The largest absolute Gasteiger partial charge is 0.487 e. The Balaban J connectivity index is 2.06. The number of oxime groups is 2. The third kappa shape index (κ3) is 6.90. The maximum absolute atomic E-state index is 10.1. The minimum absolute atomic E-state index is 0.0476. The van der Waals surface area contributed by atoms with Crippen molar-refractivity contribution >= 4 is 29.1 Å². The summed E-state index contributed by atoms with van der Waals surface area (Å²) < 4.78 is 12.0. The lowest BCUT2D eigenvalue weighted by Crippen LogP contribution is -2.41. The molecule has 11 heteroatoms. The van der Waals surface area contributed by atoms with E-state index in [0.29, 0.717) is 54.7 Å². The molecule has 0 unspecified atom stereocenters. The number of morpholine rings is 1. The fourth-order valence-corrected chi connectivity index (χ4v) is 3.49. The third-order valence-corrected chi connectivity index (χ3v) is 5.18. The molecule has 0 amide bonds. The number of aliphatic imine (C=N–C) groups is 1. The number of nitrogens with two attached hydrogens (primary N) is 1. The van der Waals surface area contributed by atoms with Crippen molar-refractivity contribution in [2.75, 3.05) is 44.3 Å². The Morgan fingerprint density at radius 3 is 3.00 bits per heavy atom. The van der Waals surface area contributed by atoms with Crippen LogP contribution in [0.2, 0.25) is 0 Å². The van der Waals surface area contributed by atoms with Crippen molar-refractivity contribution in [3.63, 3.8) is 0 Å². The summed E-state index contributed by atoms with van der Waals surface area (Å²) in [5.74, 6) is 6.41. The van der Waals surface area contributed by atoms with Gasteiger partial charge in [0.2, 0.25) is 0 Å². The van der Waals surface area contributed by atoms with Gasteiger partial charge in [0.1, 0.15) is 47.4 Å². The van der Waals surface area contributed by atoms with Crippen LogP contribution in [0.5, 0.6) is 5.75 Å². The van der Waals surface area contributed by atoms with Gasteiger partial charge in [-0.1, -0.05) is 11.1 Å². The van der Waals surface area contributed by atoms with Crippen LogP contribution in [0.4, 0.5) is 11.4 Å². The average molecular weight is 472 g/mol. The maximum Gasteiger partial charge on any atom is 0.163 e. The number of hydrogen-bond acceptors (Lipinski definition) is 10. The number of anilines is 1. The highest BCUT2D eigenvalue weighted by Gasteiger charge is 2.26. The second-order valence-corrected chi connectivity index (χ2v) is 8.39. The van der Waals surface area contributed by atoms with Gasteiger partial charge in [-0.2, -0.15) is 0 Å². The summed E-state index contributed by atoms with van der Waals surface area (Å²) in [5.41, 5.74) is 7.09. The first kappa shape index (κ1) is 25.4. The number of hydrogen-bond donors (Lipinski definition) is 3. The zero-order valence-corrected chi connectivity index (χ0v) is 20.2. The summed E-state index contributed by atoms with van der Waals surface area (Å²) in [6.07, 6.45) is 3.24. The Bertz CT molecular complexity index is 999. The van der Waals surface area contributed by atoms with Crippen molar-refractivity contribution in [1.82, 2.24) is 10.3 Å². The summed E-state index contributed by atoms with van der Waals surface area (Å²) in [6, 6.07) is 0. The molecule has 1 aromatic heterocycles. The molecule has 0 bridgehead atoms. The zero-order chi connectivity index (χ0) is 24.6. The van der Waals surface area contributed by atoms with Crippen LogP contribution in [0, 0.1) is 11.8 Å². The van der Waals surface area contributed by atoms with E-state index in [9.17, 15) is 5.11 Å². The van der Waals surface area contributed by atoms with Crippen LogP contribution in [0.3, 0.4) is 0 Å². The highest BCUT2D eigenvalue weighted by Crippen LogP contribution is 2.41. The molecule has 184 valence electrons. The van der Waals surface area contributed by atoms with Crippen LogP contribution in [0.1, 0.15) is 39.8 Å². The Labute approximate surface area is 200 Å². The number of nitrogens with zero attached hydrogens (tertiary/aromatic N) is 5. The molecule has 1 atom stereocenters. The molecule has 2 aliphatic heterocycles. The van der Waals surface area contributed by atoms with Crippen LogP contribution in [0.15, 0.2) is 21.5 Å². The quantitative estimate of drug-likeness (QED) is 0.233. The number of fused-ring (bicyclic) bond motifs is 1. The van der Waals surface area contributed by atoms with Crippen molar-refractivity contribution in [1.29, 1.82) is 0 Å². The summed E-state index contributed by atoms with van der Waals surface area (Å²) >= 11 is 0. The van der Waals surface area contributed by atoms with Crippen molar-refractivity contribution in [3.8, 4) is 17.6 Å². The Morgan fingerprint density at radius 2 is 2.32 bits per heavy atom. The highest BCUT2D eigenvalue weighted by atomic mass is 16.8. The van der Waals surface area contributed by atoms with E-state index in [0.717, 1.165) is 31.7 Å². The molecular weight excluding hydrogens is 438 g/mol. The van der Waals surface area contributed by atoms with Gasteiger partial charge in [-0.15, -0.1) is 0 Å². The van der Waals surface area contributed by atoms with Crippen molar-refractivity contribution < 1.29 is 19.5 Å². The van der Waals surface area contributed by atoms with E-state index < -0.39 is 5.60 Å². The summed E-state index contributed by atoms with van der Waals surface area (Å²) in [5, 5.41) is 20.9. The zero-order valence-electron chi connectivity index (χ0n) is 20.2. The first-order chi connectivity index (χ1) is 16.3. The monoisotopic (exact) mass is 471 g/mol. The van der Waals surface area contributed by atoms with Gasteiger partial charge in [-0.05, 0) is 38.8 Å². The van der Waals surface area contributed by atoms with Crippen molar-refractivity contribution in [2.45, 2.75) is 45.8 Å². The van der Waals surface area contributed by atoms with Crippen LogP contribution in [-0.2, 0) is 9.68 Å². The topological polar surface area (TPSA) is 139 Å². The smallest absolute Gasteiger partial charge is 0.163 e. The lowest BCUT2D eigenvalue weighted by Gasteiger charge is -2.27. The van der Waals surface area contributed by atoms with Gasteiger partial charge in [-0.25, -0.2) is 14.9 Å². The molecule has 3 rings (SSSR count). The third-order valence-electron chi connectivity index (χ3n) is 5.18. The molecule has 1 aromatic rings. The van der Waals surface area contributed by atoms with Gasteiger partial charge in [-0.3, -0.25) is 0 Å². The van der Waals surface area contributed by atoms with E-state index >= 15 is 0 Å². The molecular formula is C23H33N7O4. The minimum atomic E-state index is -1.18. The lowest BCUT2D eigenvalue weighted by molar-refractivity contribution is 0.000233. The number of rotatable bonds is 7. The van der Waals surface area contributed by atoms with Gasteiger partial charge in [0.15, 0.2) is 5.75 Å². The molecule has 0 aliphatic carbocycles. The van der Waals surface area contributed by atoms with Gasteiger partial charge in [0.25, 0.3) is 0 Å². The van der Waals surface area contributed by atoms with Crippen molar-refractivity contribution in [2.24, 2.45) is 21.0 Å². The standard InChI is InChI=1S/C23H33N7O4/c1-5-30-10-7-18(16(2)29-34-27-15-24)28-21-19(6-8-23(3,4)31)26-13-20(22(21)30)33-14-17-12-25-9-11-32-17/h13,15,17,25,31H,5,7,9-12,14H2,1-4H3,(H2,24,27)/b29-16+/t17-/m0/s1. The first-order valence-electron chi connectivity index (χ1n) is 11.3. The predicted molar refractivity (Wildman–Crippen MR) is 132 cm³/mol. The molecule has 0 spiro atoms. The number of nitrogens with one attached hydrogen (secondary N) is 1. The number of aliphatic hydroxyl groups is 1. The fraction of sp³-hybridized carbons (Fsp3) is 0.565. The molecule has 2 aliphatic rings. The highest BCUT2D eigenvalue weighted by molar-refractivity contribution is 6.42. The number of pyridine rings is 1. The Kier molecular flexibility index (Phi) is 8.81. The molecule has 3 heterocycles. The van der Waals surface area contributed by atoms with E-state index in [4.69, 9.17) is 25.1 Å². The SMILES string of the molecule is CCN1CCC(/C(C)=N/O/N=C/N)=Nc2c(C#CC(C)(C)O)ncc(OC[C@@H]3CNCCO3)c21. The maximum atomic E-state index is 10.1. The van der Waals surface area contributed by atoms with E-state index in [1.165, 1.54) is 0 Å². The Morgan fingerprint density at radius 1 is 1.50 bits per heavy atom. The minimum Gasteiger partial charge on any atom is -0.487 e. The van der Waals surface area contributed by atoms with E-state index in [-0.39, 0.29) is 6.10 Å². The normalized spacial score (nSPS) is 19.1. The van der Waals surface area contributed by atoms with Crippen LogP contribution >= 0.6 is 0 Å². The van der Waals surface area contributed by atoms with Gasteiger partial charge >= 0.3 is 0 Å². The van der Waals surface area contributed by atoms with E-state index in [2.05, 4.69) is 44.3 Å². The Hall–Kier alpha value is -3.20. The molecule has 11 nitrogen and oxygen atoms in total. The average Bonchev–Trinajstić information content (AvgIpc) is 3.02. The molecule has 0 aromatic carbocycles. The van der Waals surface area contributed by atoms with Crippen LogP contribution in [0.25, 0.3) is 0 Å². The predicted octanol–water partition coefficient (Wildman–Crippen LogP) is 1.17. The molecule has 0 radical (unpaired) electrons. The number of aromatic nitrogens is 1. The molecule has 34 heavy (non-hydrogen) atoms. The second-order valence-electron chi connectivity index (χ2n) is 8.39. The van der Waals surface area contributed by atoms with E-state index in [1.54, 1.807) is 27.0 Å². The molecule has 1 saturated heterocycles. The van der Waals surface area contributed by atoms with Crippen molar-refractivity contribution in [3.05, 3.63) is 11.9 Å². The van der Waals surface area contributed by atoms with Gasteiger partial charge in [0, 0.05) is 32.6 Å². The first-order valence-corrected chi connectivity index (χ1v) is 11.3.